The molecule has 4 aromatic rings. The van der Waals surface area contributed by atoms with E-state index in [9.17, 15) is 4.79 Å². The molecule has 45 heavy (non-hydrogen) atoms. The van der Waals surface area contributed by atoms with Gasteiger partial charge in [0.25, 0.3) is 5.56 Å². The number of aromatic amines is 1. The van der Waals surface area contributed by atoms with Gasteiger partial charge in [-0.05, 0) is 66.3 Å². The predicted octanol–water partition coefficient (Wildman–Crippen LogP) is 5.91. The zero-order valence-corrected chi connectivity index (χ0v) is 26.0. The zero-order valence-electron chi connectivity index (χ0n) is 26.0. The van der Waals surface area contributed by atoms with E-state index in [2.05, 4.69) is 80.8 Å². The van der Waals surface area contributed by atoms with E-state index >= 15 is 0 Å². The monoisotopic (exact) mass is 606 g/mol. The molecule has 3 aromatic carbocycles. The Hall–Kier alpha value is -4.11. The first-order valence-electron chi connectivity index (χ1n) is 16.2. The van der Waals surface area contributed by atoms with Crippen LogP contribution in [-0.2, 0) is 28.9 Å². The third-order valence-corrected chi connectivity index (χ3v) is 9.34. The standard InChI is InChI=1S/C37H42N4O4/c1-43-25-27-9-7-26(8-10-27)13-17-40-18-14-30(15-19-40)39-31-11-12-34-29(23-31)22-28-4-2-5-32(36(28)45-34)35-24-41(20-21-44-35)33-6-3-16-38-37(33)42/h2-12,16,23,30,35,39H,13-15,17-22,24-25H2,1H3,(H,38,42). The summed E-state index contributed by atoms with van der Waals surface area (Å²) in [5.41, 5.74) is 7.76. The molecule has 4 heterocycles. The molecule has 0 radical (unpaired) electrons. The average Bonchev–Trinajstić information content (AvgIpc) is 3.08. The zero-order chi connectivity index (χ0) is 30.6. The lowest BCUT2D eigenvalue weighted by atomic mass is 9.95. The highest BCUT2D eigenvalue weighted by molar-refractivity contribution is 5.59. The molecule has 1 unspecified atom stereocenters. The molecule has 234 valence electrons. The number of rotatable bonds is 9. The van der Waals surface area contributed by atoms with Gasteiger partial charge in [-0.1, -0.05) is 42.5 Å². The smallest absolute Gasteiger partial charge is 0.271 e. The van der Waals surface area contributed by atoms with Crippen molar-refractivity contribution < 1.29 is 14.2 Å². The van der Waals surface area contributed by atoms with Crippen LogP contribution in [0.25, 0.3) is 0 Å². The number of morpholine rings is 1. The summed E-state index contributed by atoms with van der Waals surface area (Å²) in [4.78, 5) is 19.9. The lowest BCUT2D eigenvalue weighted by Gasteiger charge is -2.35. The van der Waals surface area contributed by atoms with E-state index in [0.717, 1.165) is 73.6 Å². The number of hydrogen-bond acceptors (Lipinski definition) is 7. The predicted molar refractivity (Wildman–Crippen MR) is 178 cm³/mol. The van der Waals surface area contributed by atoms with Gasteiger partial charge < -0.3 is 34.3 Å². The van der Waals surface area contributed by atoms with Crippen molar-refractivity contribution in [3.8, 4) is 11.5 Å². The van der Waals surface area contributed by atoms with E-state index in [4.69, 9.17) is 14.2 Å². The first-order valence-corrected chi connectivity index (χ1v) is 16.2. The summed E-state index contributed by atoms with van der Waals surface area (Å²) in [6.07, 6.45) is 5.66. The van der Waals surface area contributed by atoms with Crippen molar-refractivity contribution in [1.82, 2.24) is 9.88 Å². The largest absolute Gasteiger partial charge is 0.456 e. The second-order valence-electron chi connectivity index (χ2n) is 12.4. The molecule has 1 aromatic heterocycles. The van der Waals surface area contributed by atoms with Crippen molar-refractivity contribution in [2.45, 2.75) is 44.4 Å². The van der Waals surface area contributed by atoms with Gasteiger partial charge in [0, 0.05) is 75.3 Å². The number of likely N-dealkylation sites (tertiary alicyclic amines) is 1. The summed E-state index contributed by atoms with van der Waals surface area (Å²) < 4.78 is 18.0. The second-order valence-corrected chi connectivity index (χ2v) is 12.4. The number of nitrogens with zero attached hydrogens (tertiary/aromatic N) is 2. The van der Waals surface area contributed by atoms with Crippen LogP contribution in [0.4, 0.5) is 11.4 Å². The third-order valence-electron chi connectivity index (χ3n) is 9.34. The van der Waals surface area contributed by atoms with Gasteiger partial charge in [0.1, 0.15) is 23.3 Å². The quantitative estimate of drug-likeness (QED) is 0.216. The molecule has 8 heteroatoms. The minimum atomic E-state index is -0.178. The first kappa shape index (κ1) is 29.6. The summed E-state index contributed by atoms with van der Waals surface area (Å²) in [6.45, 7) is 5.83. The maximum absolute atomic E-state index is 12.4. The Bertz CT molecular complexity index is 1660. The Labute approximate surface area is 264 Å². The van der Waals surface area contributed by atoms with E-state index in [1.54, 1.807) is 13.3 Å². The number of piperidine rings is 1. The average molecular weight is 607 g/mol. The van der Waals surface area contributed by atoms with E-state index in [1.807, 2.05) is 12.1 Å². The summed E-state index contributed by atoms with van der Waals surface area (Å²) in [6, 6.07) is 25.8. The number of H-pyrrole nitrogens is 1. The van der Waals surface area contributed by atoms with Crippen LogP contribution in [0.5, 0.6) is 11.5 Å². The minimum absolute atomic E-state index is 0.0752. The highest BCUT2D eigenvalue weighted by Gasteiger charge is 2.29. The van der Waals surface area contributed by atoms with Crippen LogP contribution in [0.2, 0.25) is 0 Å². The Balaban J connectivity index is 0.948. The number of anilines is 2. The van der Waals surface area contributed by atoms with Crippen LogP contribution in [0.1, 0.15) is 46.8 Å². The van der Waals surface area contributed by atoms with Gasteiger partial charge in [-0.25, -0.2) is 0 Å². The maximum atomic E-state index is 12.4. The first-order chi connectivity index (χ1) is 22.1. The number of ether oxygens (including phenoxy) is 3. The Morgan fingerprint density at radius 3 is 2.62 bits per heavy atom. The molecule has 1 atom stereocenters. The van der Waals surface area contributed by atoms with E-state index in [-0.39, 0.29) is 11.7 Å². The Kier molecular flexibility index (Phi) is 8.87. The molecule has 0 aliphatic carbocycles. The fourth-order valence-electron chi connectivity index (χ4n) is 6.85. The maximum Gasteiger partial charge on any atom is 0.271 e. The molecule has 0 bridgehead atoms. The number of nitrogens with one attached hydrogen (secondary N) is 2. The Morgan fingerprint density at radius 1 is 0.956 bits per heavy atom. The summed E-state index contributed by atoms with van der Waals surface area (Å²) in [5, 5.41) is 3.81. The lowest BCUT2D eigenvalue weighted by molar-refractivity contribution is 0.0383. The number of fused-ring (bicyclic) bond motifs is 2. The van der Waals surface area contributed by atoms with Crippen LogP contribution in [0, 0.1) is 0 Å². The van der Waals surface area contributed by atoms with Crippen LogP contribution in [0.3, 0.4) is 0 Å². The van der Waals surface area contributed by atoms with Crippen molar-refractivity contribution >= 4 is 11.4 Å². The molecule has 0 saturated carbocycles. The fraction of sp³-hybridized carbons (Fsp3) is 0.378. The molecular weight excluding hydrogens is 564 g/mol. The molecule has 3 aliphatic heterocycles. The number of para-hydroxylation sites is 1. The van der Waals surface area contributed by atoms with E-state index in [1.165, 1.54) is 16.7 Å². The van der Waals surface area contributed by atoms with E-state index < -0.39 is 0 Å². The normalized spacial score (nSPS) is 18.6. The molecule has 8 nitrogen and oxygen atoms in total. The topological polar surface area (TPSA) is 79.1 Å². The number of pyridine rings is 1. The van der Waals surface area contributed by atoms with Gasteiger partial charge in [-0.2, -0.15) is 0 Å². The SMILES string of the molecule is COCc1ccc(CCN2CCC(Nc3ccc4c(c3)Cc3cccc(C5CN(c6ccc[nH]c6=O)CCO5)c3O4)CC2)cc1. The summed E-state index contributed by atoms with van der Waals surface area (Å²) in [7, 11) is 1.74. The molecule has 0 amide bonds. The number of hydrogen-bond donors (Lipinski definition) is 2. The van der Waals surface area contributed by atoms with Gasteiger partial charge in [-0.15, -0.1) is 0 Å². The van der Waals surface area contributed by atoms with Gasteiger partial charge >= 0.3 is 0 Å². The van der Waals surface area contributed by atoms with Gasteiger partial charge in [-0.3, -0.25) is 4.79 Å². The molecule has 2 saturated heterocycles. The lowest BCUT2D eigenvalue weighted by Crippen LogP contribution is -2.41. The molecule has 0 spiro atoms. The van der Waals surface area contributed by atoms with E-state index in [0.29, 0.717) is 38.0 Å². The van der Waals surface area contributed by atoms with Gasteiger partial charge in [0.2, 0.25) is 0 Å². The van der Waals surface area contributed by atoms with Crippen LogP contribution in [-0.4, -0.2) is 62.4 Å². The highest BCUT2D eigenvalue weighted by atomic mass is 16.5. The third kappa shape index (κ3) is 6.78. The highest BCUT2D eigenvalue weighted by Crippen LogP contribution is 2.43. The second kappa shape index (κ2) is 13.5. The van der Waals surface area contributed by atoms with Crippen molar-refractivity contribution in [1.29, 1.82) is 0 Å². The summed E-state index contributed by atoms with van der Waals surface area (Å²) >= 11 is 0. The van der Waals surface area contributed by atoms with Crippen molar-refractivity contribution in [3.63, 3.8) is 0 Å². The molecular formula is C37H42N4O4. The van der Waals surface area contributed by atoms with Crippen LogP contribution in [0.15, 0.2) is 83.8 Å². The molecule has 2 fully saturated rings. The molecule has 7 rings (SSSR count). The minimum Gasteiger partial charge on any atom is -0.456 e. The van der Waals surface area contributed by atoms with Crippen molar-refractivity contribution in [2.24, 2.45) is 0 Å². The van der Waals surface area contributed by atoms with Crippen LogP contribution < -0.4 is 20.5 Å². The van der Waals surface area contributed by atoms with Gasteiger partial charge in [0.15, 0.2) is 0 Å². The summed E-state index contributed by atoms with van der Waals surface area (Å²) in [5.74, 6) is 1.79. The van der Waals surface area contributed by atoms with Gasteiger partial charge in [0.05, 0.1) is 13.2 Å². The fourth-order valence-corrected chi connectivity index (χ4v) is 6.85. The van der Waals surface area contributed by atoms with Crippen molar-refractivity contribution in [3.05, 3.63) is 117 Å². The Morgan fingerprint density at radius 2 is 1.80 bits per heavy atom. The number of benzene rings is 3. The molecule has 3 aliphatic rings. The van der Waals surface area contributed by atoms with Crippen molar-refractivity contribution in [2.75, 3.05) is 56.7 Å². The number of methoxy groups -OCH3 is 1. The number of aromatic nitrogens is 1. The molecule has 2 N–H and O–H groups in total. The van der Waals surface area contributed by atoms with Crippen LogP contribution >= 0.6 is 0 Å².